The molecule has 0 aliphatic carbocycles. The summed E-state index contributed by atoms with van der Waals surface area (Å²) in [6.07, 6.45) is 0. The highest BCUT2D eigenvalue weighted by Crippen LogP contribution is 2.40. The van der Waals surface area contributed by atoms with Gasteiger partial charge in [-0.1, -0.05) is 91.0 Å². The normalized spacial score (nSPS) is 12.0. The van der Waals surface area contributed by atoms with E-state index in [-0.39, 0.29) is 0 Å². The van der Waals surface area contributed by atoms with Gasteiger partial charge in [0.2, 0.25) is 0 Å². The Labute approximate surface area is 230 Å². The topological polar surface area (TPSA) is 20.7 Å². The van der Waals surface area contributed by atoms with E-state index in [1.165, 1.54) is 82.0 Å². The number of nitrogens with zero attached hydrogens (tertiary/aromatic N) is 1. The Balaban J connectivity index is 1.35. The van der Waals surface area contributed by atoms with Crippen molar-refractivity contribution in [3.8, 4) is 16.8 Å². The van der Waals surface area contributed by atoms with Crippen molar-refractivity contribution in [2.24, 2.45) is 0 Å². The molecule has 7 aromatic carbocycles. The molecular weight excluding hydrogens is 484 g/mol. The predicted molar refractivity (Wildman–Crippen MR) is 171 cm³/mol. The van der Waals surface area contributed by atoms with Crippen LogP contribution in [-0.4, -0.2) is 9.55 Å². The number of nitrogens with one attached hydrogen (secondary N) is 1. The van der Waals surface area contributed by atoms with E-state index in [2.05, 4.69) is 149 Å². The first-order valence-electron chi connectivity index (χ1n) is 13.8. The summed E-state index contributed by atoms with van der Waals surface area (Å²) in [6.45, 7) is 0. The van der Waals surface area contributed by atoms with Gasteiger partial charge in [-0.05, 0) is 81.2 Å². The molecule has 2 heterocycles. The largest absolute Gasteiger partial charge is 0.355 e. The second-order valence-corrected chi connectivity index (χ2v) is 10.7. The molecule has 0 saturated heterocycles. The van der Waals surface area contributed by atoms with Gasteiger partial charge in [0.15, 0.2) is 0 Å². The highest BCUT2D eigenvalue weighted by atomic mass is 15.0. The van der Waals surface area contributed by atoms with Crippen molar-refractivity contribution >= 4 is 65.2 Å². The Morgan fingerprint density at radius 1 is 0.400 bits per heavy atom. The van der Waals surface area contributed by atoms with E-state index in [1.807, 2.05) is 0 Å². The molecule has 0 bridgehead atoms. The van der Waals surface area contributed by atoms with Gasteiger partial charge in [0.25, 0.3) is 0 Å². The van der Waals surface area contributed by atoms with E-state index in [9.17, 15) is 0 Å². The van der Waals surface area contributed by atoms with Gasteiger partial charge in [-0.2, -0.15) is 0 Å². The van der Waals surface area contributed by atoms with Crippen molar-refractivity contribution in [2.45, 2.75) is 0 Å². The van der Waals surface area contributed by atoms with E-state index in [0.717, 1.165) is 0 Å². The molecule has 0 unspecified atom stereocenters. The van der Waals surface area contributed by atoms with E-state index in [0.29, 0.717) is 0 Å². The second kappa shape index (κ2) is 8.08. The molecular formula is C38H24N2. The smallest absolute Gasteiger partial charge is 0.0547 e. The number of H-pyrrole nitrogens is 1. The van der Waals surface area contributed by atoms with Crippen LogP contribution in [0.4, 0.5) is 0 Å². The Morgan fingerprint density at radius 3 is 1.95 bits per heavy atom. The highest BCUT2D eigenvalue weighted by molar-refractivity contribution is 6.22. The van der Waals surface area contributed by atoms with Gasteiger partial charge in [-0.25, -0.2) is 0 Å². The third-order valence-corrected chi connectivity index (χ3v) is 8.49. The maximum atomic E-state index is 3.56. The third kappa shape index (κ3) is 3.05. The van der Waals surface area contributed by atoms with Crippen LogP contribution >= 0.6 is 0 Å². The minimum Gasteiger partial charge on any atom is -0.355 e. The summed E-state index contributed by atoms with van der Waals surface area (Å²) in [4.78, 5) is 3.56. The van der Waals surface area contributed by atoms with Gasteiger partial charge in [-0.15, -0.1) is 0 Å². The number of hydrogen-bond donors (Lipinski definition) is 1. The van der Waals surface area contributed by atoms with Crippen molar-refractivity contribution in [3.05, 3.63) is 140 Å². The van der Waals surface area contributed by atoms with Crippen LogP contribution in [0.15, 0.2) is 140 Å². The number of fused-ring (bicyclic) bond motifs is 9. The minimum atomic E-state index is 1.17. The zero-order valence-corrected chi connectivity index (χ0v) is 21.7. The average Bonchev–Trinajstić information content (AvgIpc) is 3.56. The first-order valence-corrected chi connectivity index (χ1v) is 13.8. The monoisotopic (exact) mass is 508 g/mol. The molecule has 0 radical (unpaired) electrons. The van der Waals surface area contributed by atoms with Crippen molar-refractivity contribution < 1.29 is 0 Å². The Hall–Kier alpha value is -5.34. The summed E-state index contributed by atoms with van der Waals surface area (Å²) >= 11 is 0. The van der Waals surface area contributed by atoms with Gasteiger partial charge in [0.05, 0.1) is 11.0 Å². The van der Waals surface area contributed by atoms with E-state index in [1.54, 1.807) is 0 Å². The molecule has 9 rings (SSSR count). The fraction of sp³-hybridized carbons (Fsp3) is 0. The van der Waals surface area contributed by atoms with Gasteiger partial charge in [0, 0.05) is 38.3 Å². The molecule has 2 nitrogen and oxygen atoms in total. The molecule has 0 aliphatic heterocycles. The summed E-state index contributed by atoms with van der Waals surface area (Å²) < 4.78 is 2.43. The average molecular weight is 509 g/mol. The Morgan fingerprint density at radius 2 is 1.05 bits per heavy atom. The van der Waals surface area contributed by atoms with E-state index >= 15 is 0 Å². The lowest BCUT2D eigenvalue weighted by atomic mass is 9.99. The SMILES string of the molecule is c1ccc2cc(-n3c4ccc(-c5ccc6[nH]c7ccccc7c6c5)cc4c4c5ccccc5ccc43)ccc2c1. The summed E-state index contributed by atoms with van der Waals surface area (Å²) in [7, 11) is 0. The Bertz CT molecular complexity index is 2440. The molecule has 186 valence electrons. The molecule has 2 heteroatoms. The number of benzene rings is 7. The lowest BCUT2D eigenvalue weighted by Crippen LogP contribution is -1.94. The Kier molecular flexibility index (Phi) is 4.36. The van der Waals surface area contributed by atoms with Crippen LogP contribution in [-0.2, 0) is 0 Å². The quantitative estimate of drug-likeness (QED) is 0.240. The number of aromatic amines is 1. The zero-order valence-electron chi connectivity index (χ0n) is 21.7. The lowest BCUT2D eigenvalue weighted by molar-refractivity contribution is 1.19. The first kappa shape index (κ1) is 21.6. The highest BCUT2D eigenvalue weighted by Gasteiger charge is 2.16. The molecule has 2 aromatic heterocycles. The standard InChI is InChI=1S/C38H24N2/c1-2-9-26-21-29(17-13-24(26)7-1)40-36-19-16-28(23-33(36)38-30-10-4-3-8-25(30)15-20-37(38)40)27-14-18-35-32(22-27)31-11-5-6-12-34(31)39-35/h1-23,39H. The van der Waals surface area contributed by atoms with Crippen LogP contribution in [0.25, 0.3) is 82.0 Å². The van der Waals surface area contributed by atoms with Crippen molar-refractivity contribution in [1.82, 2.24) is 9.55 Å². The first-order chi connectivity index (χ1) is 19.8. The van der Waals surface area contributed by atoms with Crippen LogP contribution < -0.4 is 0 Å². The predicted octanol–water partition coefficient (Wildman–Crippen LogP) is 10.4. The summed E-state index contributed by atoms with van der Waals surface area (Å²) in [5, 5.41) is 10.2. The molecule has 0 saturated carbocycles. The molecule has 0 fully saturated rings. The van der Waals surface area contributed by atoms with Crippen molar-refractivity contribution in [2.75, 3.05) is 0 Å². The van der Waals surface area contributed by atoms with E-state index in [4.69, 9.17) is 0 Å². The van der Waals surface area contributed by atoms with Gasteiger partial charge in [0.1, 0.15) is 0 Å². The van der Waals surface area contributed by atoms with Gasteiger partial charge < -0.3 is 9.55 Å². The molecule has 1 N–H and O–H groups in total. The minimum absolute atomic E-state index is 1.17. The molecule has 40 heavy (non-hydrogen) atoms. The van der Waals surface area contributed by atoms with Crippen molar-refractivity contribution in [3.63, 3.8) is 0 Å². The fourth-order valence-corrected chi connectivity index (χ4v) is 6.59. The summed E-state index contributed by atoms with van der Waals surface area (Å²) in [5.74, 6) is 0. The maximum Gasteiger partial charge on any atom is 0.0547 e. The van der Waals surface area contributed by atoms with Crippen LogP contribution in [0.1, 0.15) is 0 Å². The van der Waals surface area contributed by atoms with E-state index < -0.39 is 0 Å². The maximum absolute atomic E-state index is 3.56. The van der Waals surface area contributed by atoms with Crippen molar-refractivity contribution in [1.29, 1.82) is 0 Å². The van der Waals surface area contributed by atoms with Crippen LogP contribution in [0.5, 0.6) is 0 Å². The molecule has 0 amide bonds. The molecule has 9 aromatic rings. The number of rotatable bonds is 2. The number of hydrogen-bond acceptors (Lipinski definition) is 0. The summed E-state index contributed by atoms with van der Waals surface area (Å²) in [6, 6.07) is 50.9. The fourth-order valence-electron chi connectivity index (χ4n) is 6.59. The molecule has 0 atom stereocenters. The lowest BCUT2D eigenvalue weighted by Gasteiger charge is -2.10. The zero-order chi connectivity index (χ0) is 26.2. The second-order valence-electron chi connectivity index (χ2n) is 10.7. The molecule has 0 aliphatic rings. The van der Waals surface area contributed by atoms with Gasteiger partial charge >= 0.3 is 0 Å². The van der Waals surface area contributed by atoms with Gasteiger partial charge in [-0.3, -0.25) is 0 Å². The van der Waals surface area contributed by atoms with Crippen LogP contribution in [0.3, 0.4) is 0 Å². The number of para-hydroxylation sites is 1. The van der Waals surface area contributed by atoms with Crippen LogP contribution in [0, 0.1) is 0 Å². The summed E-state index contributed by atoms with van der Waals surface area (Å²) in [5.41, 5.74) is 8.44. The number of aromatic nitrogens is 2. The van der Waals surface area contributed by atoms with Crippen LogP contribution in [0.2, 0.25) is 0 Å². The molecule has 0 spiro atoms. The third-order valence-electron chi connectivity index (χ3n) is 8.49.